The van der Waals surface area contributed by atoms with Crippen LogP contribution < -0.4 is 10.6 Å². The molecule has 0 aliphatic rings. The molecule has 7 heteroatoms. The Morgan fingerprint density at radius 2 is 1.58 bits per heavy atom. The number of hydrogen-bond donors (Lipinski definition) is 2. The van der Waals surface area contributed by atoms with E-state index < -0.39 is 0 Å². The molecule has 0 spiro atoms. The SMILES string of the molecule is O=C(Nc1ccc(CCNc2ncnc3oc(-c4ccccc4)nc23)cc1)c1ccccc1. The van der Waals surface area contributed by atoms with Crippen LogP contribution in [-0.4, -0.2) is 27.4 Å². The van der Waals surface area contributed by atoms with Crippen LogP contribution in [0.4, 0.5) is 11.5 Å². The zero-order valence-electron chi connectivity index (χ0n) is 17.7. The first kappa shape index (κ1) is 20.4. The van der Waals surface area contributed by atoms with Crippen molar-refractivity contribution in [3.05, 3.63) is 102 Å². The second-order valence-electron chi connectivity index (χ2n) is 7.45. The summed E-state index contributed by atoms with van der Waals surface area (Å²) in [5.41, 5.74) is 4.47. The van der Waals surface area contributed by atoms with E-state index in [9.17, 15) is 4.79 Å². The number of carbonyl (C=O) groups is 1. The Kier molecular flexibility index (Phi) is 5.75. The van der Waals surface area contributed by atoms with E-state index in [0.29, 0.717) is 35.0 Å². The molecule has 0 bridgehead atoms. The van der Waals surface area contributed by atoms with Crippen molar-refractivity contribution in [1.29, 1.82) is 0 Å². The van der Waals surface area contributed by atoms with Gasteiger partial charge in [-0.15, -0.1) is 0 Å². The maximum absolute atomic E-state index is 12.3. The van der Waals surface area contributed by atoms with Crippen molar-refractivity contribution >= 4 is 28.6 Å². The summed E-state index contributed by atoms with van der Waals surface area (Å²) in [7, 11) is 0. The number of oxazole rings is 1. The third-order valence-electron chi connectivity index (χ3n) is 5.17. The zero-order valence-corrected chi connectivity index (χ0v) is 17.7. The highest BCUT2D eigenvalue weighted by molar-refractivity contribution is 6.04. The number of anilines is 2. The first-order chi connectivity index (χ1) is 16.3. The lowest BCUT2D eigenvalue weighted by Gasteiger charge is -2.08. The number of hydrogen-bond acceptors (Lipinski definition) is 6. The molecule has 0 aliphatic carbocycles. The van der Waals surface area contributed by atoms with Crippen LogP contribution in [0.1, 0.15) is 15.9 Å². The first-order valence-corrected chi connectivity index (χ1v) is 10.6. The molecular formula is C26H21N5O2. The fourth-order valence-corrected chi connectivity index (χ4v) is 3.46. The van der Waals surface area contributed by atoms with E-state index in [1.165, 1.54) is 6.33 Å². The topological polar surface area (TPSA) is 92.9 Å². The van der Waals surface area contributed by atoms with Crippen molar-refractivity contribution < 1.29 is 9.21 Å². The predicted molar refractivity (Wildman–Crippen MR) is 128 cm³/mol. The van der Waals surface area contributed by atoms with Crippen LogP contribution in [0, 0.1) is 0 Å². The van der Waals surface area contributed by atoms with Crippen LogP contribution in [0.15, 0.2) is 95.7 Å². The summed E-state index contributed by atoms with van der Waals surface area (Å²) in [4.78, 5) is 25.4. The number of benzene rings is 3. The molecule has 2 N–H and O–H groups in total. The summed E-state index contributed by atoms with van der Waals surface area (Å²) in [6.45, 7) is 0.662. The van der Waals surface area contributed by atoms with Gasteiger partial charge < -0.3 is 15.1 Å². The summed E-state index contributed by atoms with van der Waals surface area (Å²) in [5, 5.41) is 6.24. The van der Waals surface area contributed by atoms with Crippen molar-refractivity contribution in [3.63, 3.8) is 0 Å². The molecule has 5 rings (SSSR count). The van der Waals surface area contributed by atoms with Crippen LogP contribution in [0.25, 0.3) is 22.7 Å². The predicted octanol–water partition coefficient (Wildman–Crippen LogP) is 5.19. The summed E-state index contributed by atoms with van der Waals surface area (Å²) >= 11 is 0. The van der Waals surface area contributed by atoms with Crippen LogP contribution in [-0.2, 0) is 6.42 Å². The van der Waals surface area contributed by atoms with Crippen molar-refractivity contribution in [2.24, 2.45) is 0 Å². The summed E-state index contributed by atoms with van der Waals surface area (Å²) in [6, 6.07) is 26.7. The third-order valence-corrected chi connectivity index (χ3v) is 5.17. The molecule has 2 heterocycles. The van der Waals surface area contributed by atoms with Crippen LogP contribution in [0.3, 0.4) is 0 Å². The quantitative estimate of drug-likeness (QED) is 0.365. The van der Waals surface area contributed by atoms with Gasteiger partial charge in [0.1, 0.15) is 6.33 Å². The number of rotatable bonds is 7. The average molecular weight is 435 g/mol. The van der Waals surface area contributed by atoms with Crippen LogP contribution in [0.5, 0.6) is 0 Å². The fraction of sp³-hybridized carbons (Fsp3) is 0.0769. The minimum Gasteiger partial charge on any atom is -0.417 e. The van der Waals surface area contributed by atoms with E-state index in [4.69, 9.17) is 4.42 Å². The van der Waals surface area contributed by atoms with Crippen molar-refractivity contribution in [2.45, 2.75) is 6.42 Å². The van der Waals surface area contributed by atoms with Gasteiger partial charge in [-0.2, -0.15) is 4.98 Å². The van der Waals surface area contributed by atoms with Gasteiger partial charge in [-0.3, -0.25) is 4.79 Å². The molecule has 0 fully saturated rings. The van der Waals surface area contributed by atoms with Gasteiger partial charge >= 0.3 is 0 Å². The van der Waals surface area contributed by atoms with Gasteiger partial charge in [-0.1, -0.05) is 48.5 Å². The lowest BCUT2D eigenvalue weighted by atomic mass is 10.1. The van der Waals surface area contributed by atoms with Gasteiger partial charge in [-0.05, 0) is 48.4 Å². The minimum atomic E-state index is -0.125. The monoisotopic (exact) mass is 435 g/mol. The maximum Gasteiger partial charge on any atom is 0.255 e. The Hall–Kier alpha value is -4.52. The Labute approximate surface area is 190 Å². The molecule has 33 heavy (non-hydrogen) atoms. The van der Waals surface area contributed by atoms with E-state index in [-0.39, 0.29) is 5.91 Å². The summed E-state index contributed by atoms with van der Waals surface area (Å²) in [5.74, 6) is 1.03. The van der Waals surface area contributed by atoms with Gasteiger partial charge in [0.05, 0.1) is 0 Å². The van der Waals surface area contributed by atoms with Crippen molar-refractivity contribution in [2.75, 3.05) is 17.2 Å². The molecule has 1 amide bonds. The Balaban J connectivity index is 1.21. The molecule has 2 aromatic heterocycles. The Morgan fingerprint density at radius 3 is 2.33 bits per heavy atom. The van der Waals surface area contributed by atoms with Crippen molar-refractivity contribution in [1.82, 2.24) is 15.0 Å². The highest BCUT2D eigenvalue weighted by Crippen LogP contribution is 2.26. The van der Waals surface area contributed by atoms with E-state index in [2.05, 4.69) is 25.6 Å². The maximum atomic E-state index is 12.3. The van der Waals surface area contributed by atoms with Crippen LogP contribution >= 0.6 is 0 Å². The minimum absolute atomic E-state index is 0.125. The lowest BCUT2D eigenvalue weighted by molar-refractivity contribution is 0.102. The normalized spacial score (nSPS) is 10.8. The molecule has 5 aromatic rings. The number of fused-ring (bicyclic) bond motifs is 1. The lowest BCUT2D eigenvalue weighted by Crippen LogP contribution is -2.11. The number of nitrogens with zero attached hydrogens (tertiary/aromatic N) is 3. The third kappa shape index (κ3) is 4.72. The fourth-order valence-electron chi connectivity index (χ4n) is 3.46. The number of carbonyl (C=O) groups excluding carboxylic acids is 1. The Bertz CT molecular complexity index is 1370. The largest absolute Gasteiger partial charge is 0.417 e. The summed E-state index contributed by atoms with van der Waals surface area (Å²) < 4.78 is 5.80. The van der Waals surface area contributed by atoms with E-state index in [1.807, 2.05) is 72.8 Å². The van der Waals surface area contributed by atoms with Gasteiger partial charge in [0.2, 0.25) is 5.89 Å². The number of nitrogens with one attached hydrogen (secondary N) is 2. The Morgan fingerprint density at radius 1 is 0.848 bits per heavy atom. The number of amides is 1. The average Bonchev–Trinajstić information content (AvgIpc) is 3.32. The molecule has 3 aromatic carbocycles. The van der Waals surface area contributed by atoms with E-state index in [0.717, 1.165) is 23.2 Å². The highest BCUT2D eigenvalue weighted by atomic mass is 16.4. The molecule has 0 saturated carbocycles. The molecular weight excluding hydrogens is 414 g/mol. The van der Waals surface area contributed by atoms with Gasteiger partial charge in [-0.25, -0.2) is 9.97 Å². The van der Waals surface area contributed by atoms with Crippen LogP contribution in [0.2, 0.25) is 0 Å². The summed E-state index contributed by atoms with van der Waals surface area (Å²) in [6.07, 6.45) is 2.25. The van der Waals surface area contributed by atoms with Gasteiger partial charge in [0.15, 0.2) is 11.3 Å². The van der Waals surface area contributed by atoms with Gasteiger partial charge in [0, 0.05) is 23.4 Å². The standard InChI is InChI=1S/C26H21N5O2/c32-24(19-7-3-1-4-8-19)30-21-13-11-18(12-14-21)15-16-27-23-22-26(29-17-28-23)33-25(31-22)20-9-5-2-6-10-20/h1-14,17H,15-16H2,(H,30,32)(H,27,28,29). The highest BCUT2D eigenvalue weighted by Gasteiger charge is 2.13. The molecule has 0 atom stereocenters. The van der Waals surface area contributed by atoms with E-state index >= 15 is 0 Å². The molecule has 0 unspecified atom stereocenters. The van der Waals surface area contributed by atoms with Crippen molar-refractivity contribution in [3.8, 4) is 11.5 Å². The molecule has 0 radical (unpaired) electrons. The molecule has 162 valence electrons. The molecule has 0 saturated heterocycles. The van der Waals surface area contributed by atoms with Gasteiger partial charge in [0.25, 0.3) is 11.6 Å². The first-order valence-electron chi connectivity index (χ1n) is 10.6. The number of aromatic nitrogens is 3. The zero-order chi connectivity index (χ0) is 22.5. The molecule has 0 aliphatic heterocycles. The smallest absolute Gasteiger partial charge is 0.255 e. The van der Waals surface area contributed by atoms with E-state index in [1.54, 1.807) is 12.1 Å². The second-order valence-corrected chi connectivity index (χ2v) is 7.45. The molecule has 7 nitrogen and oxygen atoms in total. The second kappa shape index (κ2) is 9.32.